The number of carbonyl (C=O) groups excluding carboxylic acids is 1. The van der Waals surface area contributed by atoms with E-state index in [9.17, 15) is 4.79 Å². The highest BCUT2D eigenvalue weighted by molar-refractivity contribution is 5.94. The number of ether oxygens (including phenoxy) is 1. The third-order valence-electron chi connectivity index (χ3n) is 3.82. The number of aromatic nitrogens is 4. The minimum absolute atomic E-state index is 0.112. The Balaban J connectivity index is 1.65. The van der Waals surface area contributed by atoms with Gasteiger partial charge in [-0.2, -0.15) is 0 Å². The van der Waals surface area contributed by atoms with Crippen LogP contribution in [-0.2, 0) is 13.2 Å². The van der Waals surface area contributed by atoms with Crippen LogP contribution in [0.15, 0.2) is 47.1 Å². The Morgan fingerprint density at radius 1 is 1.31 bits per heavy atom. The van der Waals surface area contributed by atoms with Gasteiger partial charge in [-0.25, -0.2) is 4.68 Å². The highest BCUT2D eigenvalue weighted by Gasteiger charge is 2.15. The molecule has 0 spiro atoms. The Bertz CT molecular complexity index is 857. The van der Waals surface area contributed by atoms with Gasteiger partial charge in [-0.05, 0) is 54.6 Å². The van der Waals surface area contributed by atoms with Crippen molar-refractivity contribution in [2.45, 2.75) is 33.0 Å². The molecule has 0 fully saturated rings. The van der Waals surface area contributed by atoms with E-state index in [1.54, 1.807) is 53.2 Å². The molecule has 0 saturated carbocycles. The molecule has 8 nitrogen and oxygen atoms in total. The lowest BCUT2D eigenvalue weighted by Gasteiger charge is -2.16. The second-order valence-electron chi connectivity index (χ2n) is 6.19. The Morgan fingerprint density at radius 2 is 2.15 bits per heavy atom. The van der Waals surface area contributed by atoms with Gasteiger partial charge in [-0.1, -0.05) is 6.07 Å². The van der Waals surface area contributed by atoms with E-state index in [4.69, 9.17) is 9.15 Å². The van der Waals surface area contributed by atoms with Crippen LogP contribution < -0.4 is 4.74 Å². The maximum absolute atomic E-state index is 12.6. The minimum Gasteiger partial charge on any atom is -0.486 e. The highest BCUT2D eigenvalue weighted by atomic mass is 16.5. The summed E-state index contributed by atoms with van der Waals surface area (Å²) in [5.41, 5.74) is 0.542. The Hall–Kier alpha value is -3.16. The van der Waals surface area contributed by atoms with Crippen molar-refractivity contribution in [3.05, 3.63) is 59.8 Å². The Labute approximate surface area is 151 Å². The van der Waals surface area contributed by atoms with Crippen LogP contribution in [0, 0.1) is 0 Å². The standard InChI is InChI=1S/C18H21N5O3/c1-13(2)23-17(19-20-21-23)12-26-15-7-4-6-14(10-15)18(24)22(3)11-16-8-5-9-25-16/h4-10,13H,11-12H2,1-3H3. The predicted octanol–water partition coefficient (Wildman–Crippen LogP) is 2.70. The number of rotatable bonds is 7. The molecule has 0 saturated heterocycles. The number of amides is 1. The molecule has 1 amide bonds. The zero-order chi connectivity index (χ0) is 18.5. The summed E-state index contributed by atoms with van der Waals surface area (Å²) in [6.45, 7) is 4.62. The van der Waals surface area contributed by atoms with Crippen LogP contribution in [-0.4, -0.2) is 38.1 Å². The van der Waals surface area contributed by atoms with E-state index in [0.29, 0.717) is 23.7 Å². The summed E-state index contributed by atoms with van der Waals surface area (Å²) < 4.78 is 12.8. The average molecular weight is 355 g/mol. The van der Waals surface area contributed by atoms with Crippen LogP contribution in [0.4, 0.5) is 0 Å². The number of hydrogen-bond acceptors (Lipinski definition) is 6. The minimum atomic E-state index is -0.112. The smallest absolute Gasteiger partial charge is 0.254 e. The predicted molar refractivity (Wildman–Crippen MR) is 93.5 cm³/mol. The number of carbonyl (C=O) groups is 1. The van der Waals surface area contributed by atoms with Crippen molar-refractivity contribution in [2.24, 2.45) is 0 Å². The molecule has 26 heavy (non-hydrogen) atoms. The topological polar surface area (TPSA) is 86.3 Å². The van der Waals surface area contributed by atoms with Gasteiger partial charge in [0.1, 0.15) is 18.1 Å². The maximum Gasteiger partial charge on any atom is 0.254 e. The lowest BCUT2D eigenvalue weighted by molar-refractivity contribution is 0.0775. The van der Waals surface area contributed by atoms with Crippen molar-refractivity contribution in [2.75, 3.05) is 7.05 Å². The Kier molecular flexibility index (Phi) is 5.31. The molecule has 0 aliphatic rings. The molecule has 0 bridgehead atoms. The van der Waals surface area contributed by atoms with Gasteiger partial charge in [0, 0.05) is 12.6 Å². The van der Waals surface area contributed by atoms with E-state index >= 15 is 0 Å². The van der Waals surface area contributed by atoms with Crippen molar-refractivity contribution < 1.29 is 13.9 Å². The van der Waals surface area contributed by atoms with Gasteiger partial charge >= 0.3 is 0 Å². The average Bonchev–Trinajstić information content (AvgIpc) is 3.31. The molecule has 0 aliphatic heterocycles. The molecule has 0 unspecified atom stereocenters. The molecule has 2 heterocycles. The van der Waals surface area contributed by atoms with Gasteiger partial charge in [0.05, 0.1) is 18.8 Å². The van der Waals surface area contributed by atoms with E-state index in [2.05, 4.69) is 15.5 Å². The normalized spacial score (nSPS) is 10.9. The number of hydrogen-bond donors (Lipinski definition) is 0. The third-order valence-corrected chi connectivity index (χ3v) is 3.82. The zero-order valence-corrected chi connectivity index (χ0v) is 15.0. The second-order valence-corrected chi connectivity index (χ2v) is 6.19. The van der Waals surface area contributed by atoms with Crippen LogP contribution in [0.5, 0.6) is 5.75 Å². The SMILES string of the molecule is CC(C)n1nnnc1COc1cccc(C(=O)N(C)Cc2ccco2)c1. The van der Waals surface area contributed by atoms with Crippen molar-refractivity contribution in [1.82, 2.24) is 25.1 Å². The van der Waals surface area contributed by atoms with E-state index < -0.39 is 0 Å². The molecule has 0 atom stereocenters. The fourth-order valence-corrected chi connectivity index (χ4v) is 2.50. The number of nitrogens with zero attached hydrogens (tertiary/aromatic N) is 5. The van der Waals surface area contributed by atoms with E-state index in [-0.39, 0.29) is 18.6 Å². The summed E-state index contributed by atoms with van der Waals surface area (Å²) >= 11 is 0. The first-order valence-corrected chi connectivity index (χ1v) is 8.32. The molecule has 0 N–H and O–H groups in total. The summed E-state index contributed by atoms with van der Waals surface area (Å²) in [5.74, 6) is 1.83. The summed E-state index contributed by atoms with van der Waals surface area (Å²) in [5, 5.41) is 11.6. The third kappa shape index (κ3) is 4.08. The van der Waals surface area contributed by atoms with Crippen molar-refractivity contribution in [3.63, 3.8) is 0 Å². The first-order chi connectivity index (χ1) is 12.5. The van der Waals surface area contributed by atoms with Crippen molar-refractivity contribution >= 4 is 5.91 Å². The van der Waals surface area contributed by atoms with Gasteiger partial charge < -0.3 is 14.1 Å². The molecule has 136 valence electrons. The highest BCUT2D eigenvalue weighted by Crippen LogP contribution is 2.17. The van der Waals surface area contributed by atoms with E-state index in [1.807, 2.05) is 19.9 Å². The molecular formula is C18H21N5O3. The monoisotopic (exact) mass is 355 g/mol. The summed E-state index contributed by atoms with van der Waals surface area (Å²) in [7, 11) is 1.73. The Morgan fingerprint density at radius 3 is 2.88 bits per heavy atom. The molecule has 3 rings (SSSR count). The van der Waals surface area contributed by atoms with Gasteiger partial charge in [-0.15, -0.1) is 5.10 Å². The largest absolute Gasteiger partial charge is 0.486 e. The molecule has 0 radical (unpaired) electrons. The quantitative estimate of drug-likeness (QED) is 0.648. The first-order valence-electron chi connectivity index (χ1n) is 8.32. The van der Waals surface area contributed by atoms with Crippen LogP contribution >= 0.6 is 0 Å². The fourth-order valence-electron chi connectivity index (χ4n) is 2.50. The molecule has 8 heteroatoms. The molecular weight excluding hydrogens is 334 g/mol. The van der Waals surface area contributed by atoms with Gasteiger partial charge in [0.2, 0.25) is 0 Å². The maximum atomic E-state index is 12.6. The lowest BCUT2D eigenvalue weighted by Crippen LogP contribution is -2.26. The first kappa shape index (κ1) is 17.7. The summed E-state index contributed by atoms with van der Waals surface area (Å²) in [4.78, 5) is 14.2. The molecule has 2 aromatic heterocycles. The van der Waals surface area contributed by atoms with Crippen LogP contribution in [0.25, 0.3) is 0 Å². The van der Waals surface area contributed by atoms with Crippen LogP contribution in [0.2, 0.25) is 0 Å². The summed E-state index contributed by atoms with van der Waals surface area (Å²) in [6.07, 6.45) is 1.59. The van der Waals surface area contributed by atoms with Crippen LogP contribution in [0.1, 0.15) is 41.8 Å². The van der Waals surface area contributed by atoms with Crippen molar-refractivity contribution in [1.29, 1.82) is 0 Å². The van der Waals surface area contributed by atoms with Crippen molar-refractivity contribution in [3.8, 4) is 5.75 Å². The summed E-state index contributed by atoms with van der Waals surface area (Å²) in [6, 6.07) is 10.8. The van der Waals surface area contributed by atoms with E-state index in [0.717, 1.165) is 5.76 Å². The number of tetrazole rings is 1. The molecule has 3 aromatic rings. The fraction of sp³-hybridized carbons (Fsp3) is 0.333. The number of furan rings is 1. The molecule has 1 aromatic carbocycles. The van der Waals surface area contributed by atoms with E-state index in [1.165, 1.54) is 0 Å². The van der Waals surface area contributed by atoms with Gasteiger partial charge in [0.15, 0.2) is 5.82 Å². The second kappa shape index (κ2) is 7.81. The van der Waals surface area contributed by atoms with Gasteiger partial charge in [-0.3, -0.25) is 4.79 Å². The number of benzene rings is 1. The van der Waals surface area contributed by atoms with Crippen LogP contribution in [0.3, 0.4) is 0 Å². The zero-order valence-electron chi connectivity index (χ0n) is 15.0. The molecule has 0 aliphatic carbocycles. The van der Waals surface area contributed by atoms with Gasteiger partial charge in [0.25, 0.3) is 5.91 Å². The lowest BCUT2D eigenvalue weighted by atomic mass is 10.2.